The maximum absolute atomic E-state index is 13.3. The van der Waals surface area contributed by atoms with Gasteiger partial charge in [-0.15, -0.1) is 11.3 Å². The molecule has 0 aliphatic heterocycles. The molecule has 4 rings (SSSR count). The number of hydrogen-bond acceptors (Lipinski definition) is 7. The van der Waals surface area contributed by atoms with Gasteiger partial charge in [0.1, 0.15) is 17.2 Å². The van der Waals surface area contributed by atoms with Gasteiger partial charge in [-0.25, -0.2) is 4.98 Å². The lowest BCUT2D eigenvalue weighted by molar-refractivity contribution is -0.384. The van der Waals surface area contributed by atoms with E-state index >= 15 is 0 Å². The fourth-order valence-corrected chi connectivity index (χ4v) is 4.26. The van der Waals surface area contributed by atoms with Crippen LogP contribution in [-0.4, -0.2) is 25.4 Å². The van der Waals surface area contributed by atoms with Gasteiger partial charge in [0.05, 0.1) is 16.0 Å². The van der Waals surface area contributed by atoms with Gasteiger partial charge in [0.25, 0.3) is 11.2 Å². The number of aryl methyl sites for hydroxylation is 2. The van der Waals surface area contributed by atoms with Crippen molar-refractivity contribution in [3.05, 3.63) is 79.7 Å². The molecule has 0 aliphatic carbocycles. The molecule has 10 heteroatoms. The van der Waals surface area contributed by atoms with Gasteiger partial charge < -0.3 is 5.32 Å². The van der Waals surface area contributed by atoms with Crippen LogP contribution < -0.4 is 10.9 Å². The molecule has 3 aromatic heterocycles. The van der Waals surface area contributed by atoms with Gasteiger partial charge in [0.2, 0.25) is 5.91 Å². The second-order valence-electron chi connectivity index (χ2n) is 7.15. The van der Waals surface area contributed by atoms with E-state index in [9.17, 15) is 19.7 Å². The molecule has 0 atom stereocenters. The van der Waals surface area contributed by atoms with Crippen molar-refractivity contribution in [2.24, 2.45) is 0 Å². The van der Waals surface area contributed by atoms with E-state index in [4.69, 9.17) is 0 Å². The van der Waals surface area contributed by atoms with E-state index < -0.39 is 10.8 Å². The molecule has 0 unspecified atom stereocenters. The first-order valence-corrected chi connectivity index (χ1v) is 10.7. The van der Waals surface area contributed by atoms with Crippen molar-refractivity contribution in [1.29, 1.82) is 0 Å². The molecule has 32 heavy (non-hydrogen) atoms. The molecule has 0 bridgehead atoms. The molecule has 1 aromatic carbocycles. The topological polar surface area (TPSA) is 120 Å². The SMILES string of the molecule is CCc1cc2c(=O)n(CC(=O)Nc3cc([N+](=O)[O-])ccc3C)c(-c3ccncc3)nc2s1. The van der Waals surface area contributed by atoms with Gasteiger partial charge in [-0.3, -0.25) is 29.3 Å². The lowest BCUT2D eigenvalue weighted by atomic mass is 10.2. The number of carbonyl (C=O) groups excluding carboxylic acids is 1. The van der Waals surface area contributed by atoms with E-state index in [1.54, 1.807) is 37.5 Å². The summed E-state index contributed by atoms with van der Waals surface area (Å²) >= 11 is 1.45. The van der Waals surface area contributed by atoms with Crippen molar-refractivity contribution in [2.75, 3.05) is 5.32 Å². The molecule has 162 valence electrons. The number of non-ortho nitro benzene ring substituents is 1. The number of benzene rings is 1. The highest BCUT2D eigenvalue weighted by molar-refractivity contribution is 7.18. The number of pyridine rings is 1. The fraction of sp³-hybridized carbons (Fsp3) is 0.182. The van der Waals surface area contributed by atoms with Crippen LogP contribution in [0.2, 0.25) is 0 Å². The first-order chi connectivity index (χ1) is 15.4. The highest BCUT2D eigenvalue weighted by Crippen LogP contribution is 2.26. The first-order valence-electron chi connectivity index (χ1n) is 9.86. The third-order valence-electron chi connectivity index (χ3n) is 5.00. The lowest BCUT2D eigenvalue weighted by Crippen LogP contribution is -2.29. The van der Waals surface area contributed by atoms with Gasteiger partial charge in [0.15, 0.2) is 0 Å². The van der Waals surface area contributed by atoms with Crippen LogP contribution in [0, 0.1) is 17.0 Å². The Bertz CT molecular complexity index is 1390. The number of carbonyl (C=O) groups is 1. The number of nitro benzene ring substituents is 1. The largest absolute Gasteiger partial charge is 0.324 e. The van der Waals surface area contributed by atoms with E-state index in [0.29, 0.717) is 32.9 Å². The Balaban J connectivity index is 1.76. The van der Waals surface area contributed by atoms with Crippen LogP contribution in [0.15, 0.2) is 53.6 Å². The summed E-state index contributed by atoms with van der Waals surface area (Å²) in [7, 11) is 0. The van der Waals surface area contributed by atoms with E-state index in [0.717, 1.165) is 11.3 Å². The molecule has 3 heterocycles. The van der Waals surface area contributed by atoms with Crippen LogP contribution in [0.4, 0.5) is 11.4 Å². The average molecular weight is 449 g/mol. The minimum atomic E-state index is -0.527. The number of nitro groups is 1. The molecule has 1 amide bonds. The lowest BCUT2D eigenvalue weighted by Gasteiger charge is -2.13. The Labute approximate surface area is 186 Å². The number of aromatic nitrogens is 3. The van der Waals surface area contributed by atoms with Crippen LogP contribution in [0.3, 0.4) is 0 Å². The van der Waals surface area contributed by atoms with E-state index in [2.05, 4.69) is 15.3 Å². The summed E-state index contributed by atoms with van der Waals surface area (Å²) in [6.45, 7) is 3.44. The summed E-state index contributed by atoms with van der Waals surface area (Å²) < 4.78 is 1.33. The summed E-state index contributed by atoms with van der Waals surface area (Å²) in [5.74, 6) is -0.126. The summed E-state index contributed by atoms with van der Waals surface area (Å²) in [6.07, 6.45) is 3.96. The quantitative estimate of drug-likeness (QED) is 0.352. The molecule has 9 nitrogen and oxygen atoms in total. The van der Waals surface area contributed by atoms with E-state index in [1.165, 1.54) is 28.0 Å². The van der Waals surface area contributed by atoms with Crippen molar-refractivity contribution in [3.63, 3.8) is 0 Å². The fourth-order valence-electron chi connectivity index (χ4n) is 3.30. The van der Waals surface area contributed by atoms with Gasteiger partial charge in [-0.2, -0.15) is 0 Å². The maximum atomic E-state index is 13.3. The maximum Gasteiger partial charge on any atom is 0.271 e. The number of amides is 1. The predicted octanol–water partition coefficient (Wildman–Crippen LogP) is 3.94. The molecule has 4 aromatic rings. The summed E-state index contributed by atoms with van der Waals surface area (Å²) in [5.41, 5.74) is 1.20. The molecule has 1 N–H and O–H groups in total. The Hall–Kier alpha value is -3.92. The van der Waals surface area contributed by atoms with Crippen LogP contribution >= 0.6 is 11.3 Å². The van der Waals surface area contributed by atoms with Gasteiger partial charge in [-0.1, -0.05) is 13.0 Å². The number of fused-ring (bicyclic) bond motifs is 1. The molecule has 0 spiro atoms. The van der Waals surface area contributed by atoms with Crippen molar-refractivity contribution in [3.8, 4) is 11.4 Å². The van der Waals surface area contributed by atoms with Gasteiger partial charge in [0, 0.05) is 35.0 Å². The molecule has 0 aliphatic rings. The third kappa shape index (κ3) is 4.12. The highest BCUT2D eigenvalue weighted by Gasteiger charge is 2.18. The van der Waals surface area contributed by atoms with E-state index in [1.807, 2.05) is 13.0 Å². The first kappa shape index (κ1) is 21.3. The second kappa shape index (κ2) is 8.67. The third-order valence-corrected chi connectivity index (χ3v) is 6.17. The highest BCUT2D eigenvalue weighted by atomic mass is 32.1. The number of nitrogens with one attached hydrogen (secondary N) is 1. The Morgan fingerprint density at radius 1 is 1.22 bits per heavy atom. The van der Waals surface area contributed by atoms with Crippen molar-refractivity contribution in [2.45, 2.75) is 26.8 Å². The summed E-state index contributed by atoms with van der Waals surface area (Å²) in [6, 6.07) is 9.49. The van der Waals surface area contributed by atoms with Gasteiger partial charge >= 0.3 is 0 Å². The van der Waals surface area contributed by atoms with Crippen LogP contribution in [0.1, 0.15) is 17.4 Å². The van der Waals surface area contributed by atoms with Crippen LogP contribution in [0.5, 0.6) is 0 Å². The van der Waals surface area contributed by atoms with E-state index in [-0.39, 0.29) is 17.8 Å². The number of hydrogen-bond donors (Lipinski definition) is 1. The Kier molecular flexibility index (Phi) is 5.78. The Morgan fingerprint density at radius 3 is 2.66 bits per heavy atom. The average Bonchev–Trinajstić information content (AvgIpc) is 3.21. The number of thiophene rings is 1. The molecular weight excluding hydrogens is 430 g/mol. The number of nitrogens with zero attached hydrogens (tertiary/aromatic N) is 4. The van der Waals surface area contributed by atoms with Crippen molar-refractivity contribution >= 4 is 38.8 Å². The van der Waals surface area contributed by atoms with Crippen LogP contribution in [-0.2, 0) is 17.8 Å². The summed E-state index contributed by atoms with van der Waals surface area (Å²) in [4.78, 5) is 47.0. The Morgan fingerprint density at radius 2 is 1.97 bits per heavy atom. The van der Waals surface area contributed by atoms with Crippen LogP contribution in [0.25, 0.3) is 21.6 Å². The zero-order valence-electron chi connectivity index (χ0n) is 17.4. The second-order valence-corrected chi connectivity index (χ2v) is 8.27. The predicted molar refractivity (Wildman–Crippen MR) is 123 cm³/mol. The minimum absolute atomic E-state index is 0.131. The monoisotopic (exact) mass is 449 g/mol. The number of rotatable bonds is 6. The zero-order chi connectivity index (χ0) is 22.8. The molecule has 0 radical (unpaired) electrons. The standard InChI is InChI=1S/C22H19N5O4S/c1-3-16-11-17-21(32-16)25-20(14-6-8-23-9-7-14)26(22(17)29)12-19(28)24-18-10-15(27(30)31)5-4-13(18)2/h4-11H,3,12H2,1-2H3,(H,24,28). The van der Waals surface area contributed by atoms with Crippen molar-refractivity contribution < 1.29 is 9.72 Å². The zero-order valence-corrected chi connectivity index (χ0v) is 18.2. The summed E-state index contributed by atoms with van der Waals surface area (Å²) in [5, 5.41) is 14.2. The minimum Gasteiger partial charge on any atom is -0.324 e. The normalized spacial score (nSPS) is 10.9. The molecule has 0 saturated heterocycles. The smallest absolute Gasteiger partial charge is 0.271 e. The van der Waals surface area contributed by atoms with Gasteiger partial charge in [-0.05, 0) is 37.1 Å². The van der Waals surface area contributed by atoms with Crippen molar-refractivity contribution in [1.82, 2.24) is 14.5 Å². The number of anilines is 1. The molecule has 0 fully saturated rings. The molecular formula is C22H19N5O4S. The molecule has 0 saturated carbocycles.